The molecule has 0 saturated heterocycles. The van der Waals surface area contributed by atoms with Gasteiger partial charge in [-0.2, -0.15) is 0 Å². The predicted molar refractivity (Wildman–Crippen MR) is 91.6 cm³/mol. The van der Waals surface area contributed by atoms with E-state index in [1.807, 2.05) is 55.4 Å². The van der Waals surface area contributed by atoms with Crippen LogP contribution in [0.15, 0.2) is 48.5 Å². The summed E-state index contributed by atoms with van der Waals surface area (Å²) in [6.07, 6.45) is 0.0205. The molecule has 0 aromatic heterocycles. The van der Waals surface area contributed by atoms with Crippen molar-refractivity contribution in [3.05, 3.63) is 65.2 Å². The van der Waals surface area contributed by atoms with E-state index in [1.54, 1.807) is 12.1 Å². The standard InChI is InChI=1S/C19H19NO4/c1-20(2)16-10-14(8-13-6-4-3-5-7-13)9-15(11-16)17(21)12-18(22)19(23)24/h3-7,9-11H,8,12H2,1-2H3,(H,23,24). The maximum atomic E-state index is 12.2. The lowest BCUT2D eigenvalue weighted by atomic mass is 9.98. The zero-order valence-corrected chi connectivity index (χ0v) is 13.7. The third-order valence-corrected chi connectivity index (χ3v) is 3.63. The Morgan fingerprint density at radius 1 is 0.958 bits per heavy atom. The van der Waals surface area contributed by atoms with Gasteiger partial charge in [0.05, 0.1) is 6.42 Å². The van der Waals surface area contributed by atoms with Crippen molar-refractivity contribution in [3.63, 3.8) is 0 Å². The molecule has 0 aliphatic carbocycles. The van der Waals surface area contributed by atoms with E-state index < -0.39 is 24.0 Å². The van der Waals surface area contributed by atoms with Crippen LogP contribution in [0.1, 0.15) is 27.9 Å². The quantitative estimate of drug-likeness (QED) is 0.481. The van der Waals surface area contributed by atoms with E-state index in [9.17, 15) is 14.4 Å². The van der Waals surface area contributed by atoms with Gasteiger partial charge in [-0.05, 0) is 35.7 Å². The van der Waals surface area contributed by atoms with Gasteiger partial charge in [0.15, 0.2) is 5.78 Å². The van der Waals surface area contributed by atoms with Crippen LogP contribution in [0.2, 0.25) is 0 Å². The molecule has 0 amide bonds. The first-order valence-corrected chi connectivity index (χ1v) is 7.51. The normalized spacial score (nSPS) is 10.2. The van der Waals surface area contributed by atoms with E-state index in [-0.39, 0.29) is 0 Å². The number of anilines is 1. The number of hydrogen-bond acceptors (Lipinski definition) is 4. The topological polar surface area (TPSA) is 74.7 Å². The summed E-state index contributed by atoms with van der Waals surface area (Å²) in [5, 5.41) is 8.66. The summed E-state index contributed by atoms with van der Waals surface area (Å²) in [6, 6.07) is 15.2. The number of carbonyl (C=O) groups is 3. The molecule has 0 spiro atoms. The van der Waals surface area contributed by atoms with Gasteiger partial charge in [0.2, 0.25) is 5.78 Å². The highest BCUT2D eigenvalue weighted by molar-refractivity contribution is 6.37. The number of carbonyl (C=O) groups excluding carboxylic acids is 2. The Bertz CT molecular complexity index is 766. The van der Waals surface area contributed by atoms with Crippen LogP contribution in [0, 0.1) is 0 Å². The average molecular weight is 325 g/mol. The number of hydrogen-bond donors (Lipinski definition) is 1. The van der Waals surface area contributed by atoms with Crippen molar-refractivity contribution in [1.82, 2.24) is 0 Å². The van der Waals surface area contributed by atoms with Crippen LogP contribution in [0.25, 0.3) is 0 Å². The van der Waals surface area contributed by atoms with Crippen molar-refractivity contribution in [2.75, 3.05) is 19.0 Å². The van der Waals surface area contributed by atoms with E-state index in [4.69, 9.17) is 5.11 Å². The van der Waals surface area contributed by atoms with E-state index in [1.165, 1.54) is 0 Å². The average Bonchev–Trinajstić information content (AvgIpc) is 2.55. The minimum Gasteiger partial charge on any atom is -0.475 e. The summed E-state index contributed by atoms with van der Waals surface area (Å²) in [7, 11) is 3.72. The second-order valence-corrected chi connectivity index (χ2v) is 5.77. The molecule has 0 aliphatic heterocycles. The van der Waals surface area contributed by atoms with Crippen molar-refractivity contribution in [3.8, 4) is 0 Å². The molecule has 0 fully saturated rings. The molecule has 0 saturated carbocycles. The monoisotopic (exact) mass is 325 g/mol. The Balaban J connectivity index is 2.32. The highest BCUT2D eigenvalue weighted by Crippen LogP contribution is 2.21. The van der Waals surface area contributed by atoms with Gasteiger partial charge < -0.3 is 10.0 Å². The van der Waals surface area contributed by atoms with Crippen LogP contribution in [-0.2, 0) is 16.0 Å². The highest BCUT2D eigenvalue weighted by Gasteiger charge is 2.19. The van der Waals surface area contributed by atoms with Gasteiger partial charge in [-0.15, -0.1) is 0 Å². The molecule has 5 nitrogen and oxygen atoms in total. The fourth-order valence-corrected chi connectivity index (χ4v) is 2.35. The summed E-state index contributed by atoms with van der Waals surface area (Å²) in [5.74, 6) is -3.17. The lowest BCUT2D eigenvalue weighted by Gasteiger charge is -2.16. The first-order valence-electron chi connectivity index (χ1n) is 7.51. The van der Waals surface area contributed by atoms with Crippen molar-refractivity contribution < 1.29 is 19.5 Å². The van der Waals surface area contributed by atoms with Crippen molar-refractivity contribution in [1.29, 1.82) is 0 Å². The number of carboxylic acid groups (broad SMARTS) is 1. The Hall–Kier alpha value is -2.95. The zero-order valence-electron chi connectivity index (χ0n) is 13.7. The molecule has 2 aromatic rings. The molecule has 0 heterocycles. The van der Waals surface area contributed by atoms with Gasteiger partial charge in [0, 0.05) is 25.3 Å². The molecular formula is C19H19NO4. The highest BCUT2D eigenvalue weighted by atomic mass is 16.4. The number of Topliss-reactive ketones (excluding diaryl/α,β-unsaturated/α-hetero) is 2. The van der Waals surface area contributed by atoms with Gasteiger partial charge in [-0.25, -0.2) is 4.79 Å². The molecule has 0 radical (unpaired) electrons. The van der Waals surface area contributed by atoms with E-state index in [2.05, 4.69) is 0 Å². The number of nitrogens with zero attached hydrogens (tertiary/aromatic N) is 1. The maximum Gasteiger partial charge on any atom is 0.372 e. The second-order valence-electron chi connectivity index (χ2n) is 5.77. The van der Waals surface area contributed by atoms with Crippen LogP contribution < -0.4 is 4.90 Å². The molecule has 2 aromatic carbocycles. The van der Waals surface area contributed by atoms with Crippen molar-refractivity contribution >= 4 is 23.2 Å². The van der Waals surface area contributed by atoms with Crippen LogP contribution in [-0.4, -0.2) is 36.7 Å². The van der Waals surface area contributed by atoms with Crippen LogP contribution in [0.3, 0.4) is 0 Å². The number of benzene rings is 2. The predicted octanol–water partition coefficient (Wildman–Crippen LogP) is 2.57. The van der Waals surface area contributed by atoms with E-state index >= 15 is 0 Å². The summed E-state index contributed by atoms with van der Waals surface area (Å²) < 4.78 is 0. The second kappa shape index (κ2) is 7.55. The minimum atomic E-state index is -1.59. The van der Waals surface area contributed by atoms with Crippen LogP contribution in [0.5, 0.6) is 0 Å². The Kier molecular flexibility index (Phi) is 5.47. The van der Waals surface area contributed by atoms with Crippen LogP contribution >= 0.6 is 0 Å². The number of ketones is 2. The fraction of sp³-hybridized carbons (Fsp3) is 0.211. The third-order valence-electron chi connectivity index (χ3n) is 3.63. The summed E-state index contributed by atoms with van der Waals surface area (Å²) in [5.41, 5.74) is 3.21. The van der Waals surface area contributed by atoms with Crippen molar-refractivity contribution in [2.24, 2.45) is 0 Å². The number of carboxylic acids is 1. The summed E-state index contributed by atoms with van der Waals surface area (Å²) in [4.78, 5) is 36.0. The molecule has 1 N–H and O–H groups in total. The Labute approximate surface area is 140 Å². The largest absolute Gasteiger partial charge is 0.475 e. The molecule has 0 aliphatic rings. The van der Waals surface area contributed by atoms with Crippen molar-refractivity contribution in [2.45, 2.75) is 12.8 Å². The summed E-state index contributed by atoms with van der Waals surface area (Å²) >= 11 is 0. The van der Waals surface area contributed by atoms with Gasteiger partial charge in [-0.3, -0.25) is 9.59 Å². The molecule has 24 heavy (non-hydrogen) atoms. The van der Waals surface area contributed by atoms with Gasteiger partial charge in [0.1, 0.15) is 0 Å². The first kappa shape index (κ1) is 17.4. The Morgan fingerprint density at radius 2 is 1.62 bits per heavy atom. The lowest BCUT2D eigenvalue weighted by molar-refractivity contribution is -0.148. The zero-order chi connectivity index (χ0) is 17.7. The van der Waals surface area contributed by atoms with E-state index in [0.29, 0.717) is 12.0 Å². The summed E-state index contributed by atoms with van der Waals surface area (Å²) in [6.45, 7) is 0. The Morgan fingerprint density at radius 3 is 2.21 bits per heavy atom. The minimum absolute atomic E-state index is 0.349. The molecule has 0 atom stereocenters. The maximum absolute atomic E-state index is 12.2. The first-order chi connectivity index (χ1) is 11.4. The third kappa shape index (κ3) is 4.52. The molecule has 124 valence electrons. The van der Waals surface area contributed by atoms with Gasteiger partial charge in [0.25, 0.3) is 0 Å². The molecule has 0 unspecified atom stereocenters. The molecule has 2 rings (SSSR count). The van der Waals surface area contributed by atoms with E-state index in [0.717, 1.165) is 16.8 Å². The molecule has 0 bridgehead atoms. The lowest BCUT2D eigenvalue weighted by Crippen LogP contribution is -2.18. The van der Waals surface area contributed by atoms with Gasteiger partial charge in [-0.1, -0.05) is 30.3 Å². The van der Waals surface area contributed by atoms with Gasteiger partial charge >= 0.3 is 5.97 Å². The molecular weight excluding hydrogens is 306 g/mol. The fourth-order valence-electron chi connectivity index (χ4n) is 2.35. The van der Waals surface area contributed by atoms with Crippen LogP contribution in [0.4, 0.5) is 5.69 Å². The number of aliphatic carboxylic acids is 1. The smallest absolute Gasteiger partial charge is 0.372 e. The SMILES string of the molecule is CN(C)c1cc(Cc2ccccc2)cc(C(=O)CC(=O)C(=O)O)c1. The number of rotatable bonds is 7. The molecule has 5 heteroatoms.